The molecule has 4 heterocycles. The minimum atomic E-state index is -0.0186. The Kier molecular flexibility index (Phi) is 3.33. The number of carbonyl (C=O) groups excluding carboxylic acids is 1. The fraction of sp³-hybridized carbons (Fsp3) is 0.375. The fourth-order valence-electron chi connectivity index (χ4n) is 3.27. The van der Waals surface area contributed by atoms with Crippen LogP contribution >= 0.6 is 0 Å². The van der Waals surface area contributed by atoms with E-state index in [-0.39, 0.29) is 11.9 Å². The van der Waals surface area contributed by atoms with E-state index in [0.717, 1.165) is 37.2 Å². The molecule has 4 rings (SSSR count). The van der Waals surface area contributed by atoms with Gasteiger partial charge in [-0.1, -0.05) is 0 Å². The number of imidazole rings is 2. The maximum absolute atomic E-state index is 12.7. The summed E-state index contributed by atoms with van der Waals surface area (Å²) >= 11 is 0. The molecule has 23 heavy (non-hydrogen) atoms. The van der Waals surface area contributed by atoms with Gasteiger partial charge in [-0.3, -0.25) is 9.20 Å². The van der Waals surface area contributed by atoms with Crippen LogP contribution in [0.25, 0.3) is 5.78 Å². The average Bonchev–Trinajstić information content (AvgIpc) is 3.25. The van der Waals surface area contributed by atoms with Gasteiger partial charge in [0.05, 0.1) is 24.3 Å². The molecule has 1 amide bonds. The number of piperidine rings is 1. The molecule has 0 aromatic carbocycles. The van der Waals surface area contributed by atoms with Crippen LogP contribution in [0.1, 0.15) is 47.2 Å². The van der Waals surface area contributed by atoms with E-state index < -0.39 is 0 Å². The molecule has 3 aromatic rings. The molecular weight excluding hydrogens is 292 g/mol. The van der Waals surface area contributed by atoms with Crippen molar-refractivity contribution in [1.82, 2.24) is 29.2 Å². The van der Waals surface area contributed by atoms with E-state index in [2.05, 4.69) is 26.0 Å². The van der Waals surface area contributed by atoms with Crippen molar-refractivity contribution in [2.45, 2.75) is 32.2 Å². The van der Waals surface area contributed by atoms with Crippen molar-refractivity contribution in [1.29, 1.82) is 0 Å². The van der Waals surface area contributed by atoms with Crippen LogP contribution < -0.4 is 0 Å². The smallest absolute Gasteiger partial charge is 0.272 e. The Hall–Kier alpha value is -2.70. The van der Waals surface area contributed by atoms with Crippen molar-refractivity contribution in [3.05, 3.63) is 48.1 Å². The molecule has 1 N–H and O–H groups in total. The van der Waals surface area contributed by atoms with Gasteiger partial charge >= 0.3 is 0 Å². The molecule has 1 saturated heterocycles. The van der Waals surface area contributed by atoms with E-state index in [1.807, 2.05) is 22.4 Å². The fourth-order valence-corrected chi connectivity index (χ4v) is 3.27. The minimum Gasteiger partial charge on any atom is -0.341 e. The van der Waals surface area contributed by atoms with E-state index in [0.29, 0.717) is 11.5 Å². The molecule has 1 fully saturated rings. The number of hydrogen-bond donors (Lipinski definition) is 1. The lowest BCUT2D eigenvalue weighted by Gasteiger charge is -2.35. The molecule has 7 nitrogen and oxygen atoms in total. The Balaban J connectivity index is 1.73. The first-order chi connectivity index (χ1) is 11.2. The number of H-pyrrole nitrogens is 1. The monoisotopic (exact) mass is 310 g/mol. The van der Waals surface area contributed by atoms with E-state index in [1.165, 1.54) is 6.33 Å². The van der Waals surface area contributed by atoms with E-state index in [4.69, 9.17) is 0 Å². The Morgan fingerprint density at radius 1 is 1.39 bits per heavy atom. The molecule has 0 spiro atoms. The molecule has 0 radical (unpaired) electrons. The Bertz CT molecular complexity index is 838. The summed E-state index contributed by atoms with van der Waals surface area (Å²) < 4.78 is 1.95. The SMILES string of the molecule is Cc1cc(C2CCCCN2C(=O)c2cnc[nH]2)nc2nccn12. The maximum Gasteiger partial charge on any atom is 0.272 e. The topological polar surface area (TPSA) is 79.2 Å². The van der Waals surface area contributed by atoms with E-state index >= 15 is 0 Å². The third kappa shape index (κ3) is 2.38. The van der Waals surface area contributed by atoms with Gasteiger partial charge in [-0.05, 0) is 32.3 Å². The summed E-state index contributed by atoms with van der Waals surface area (Å²) in [4.78, 5) is 30.5. The molecule has 1 atom stereocenters. The third-order valence-electron chi connectivity index (χ3n) is 4.42. The van der Waals surface area contributed by atoms with Crippen LogP contribution in [0, 0.1) is 6.92 Å². The lowest BCUT2D eigenvalue weighted by atomic mass is 9.98. The lowest BCUT2D eigenvalue weighted by Crippen LogP contribution is -2.39. The molecule has 1 unspecified atom stereocenters. The van der Waals surface area contributed by atoms with Gasteiger partial charge < -0.3 is 9.88 Å². The van der Waals surface area contributed by atoms with Crippen LogP contribution in [0.4, 0.5) is 0 Å². The van der Waals surface area contributed by atoms with E-state index in [1.54, 1.807) is 12.4 Å². The standard InChI is InChI=1S/C16H18N6O/c1-11-8-12(20-16-18-5-7-21(11)16)14-4-2-3-6-22(14)15(23)13-9-17-10-19-13/h5,7-10,14H,2-4,6H2,1H3,(H,17,19). The summed E-state index contributed by atoms with van der Waals surface area (Å²) in [6.45, 7) is 2.77. The van der Waals surface area contributed by atoms with Crippen LogP contribution in [0.3, 0.4) is 0 Å². The number of fused-ring (bicyclic) bond motifs is 1. The number of nitrogens with zero attached hydrogens (tertiary/aromatic N) is 5. The highest BCUT2D eigenvalue weighted by atomic mass is 16.2. The molecule has 0 saturated carbocycles. The number of nitrogens with one attached hydrogen (secondary N) is 1. The van der Waals surface area contributed by atoms with Gasteiger partial charge in [-0.15, -0.1) is 0 Å². The predicted octanol–water partition coefficient (Wildman–Crippen LogP) is 2.13. The number of carbonyl (C=O) groups is 1. The Morgan fingerprint density at radius 3 is 3.13 bits per heavy atom. The van der Waals surface area contributed by atoms with Gasteiger partial charge in [0.2, 0.25) is 5.78 Å². The summed E-state index contributed by atoms with van der Waals surface area (Å²) in [6, 6.07) is 2.04. The molecule has 0 bridgehead atoms. The summed E-state index contributed by atoms with van der Waals surface area (Å²) in [5.41, 5.74) is 2.51. The second kappa shape index (κ2) is 5.49. The number of amides is 1. The molecule has 3 aromatic heterocycles. The molecule has 118 valence electrons. The van der Waals surface area contributed by atoms with Gasteiger partial charge in [-0.25, -0.2) is 15.0 Å². The van der Waals surface area contributed by atoms with Gasteiger partial charge in [0, 0.05) is 24.6 Å². The number of rotatable bonds is 2. The van der Waals surface area contributed by atoms with Crippen LogP contribution in [-0.2, 0) is 0 Å². The normalized spacial score (nSPS) is 18.5. The second-order valence-electron chi connectivity index (χ2n) is 5.90. The van der Waals surface area contributed by atoms with Crippen molar-refractivity contribution in [3.8, 4) is 0 Å². The summed E-state index contributed by atoms with van der Waals surface area (Å²) in [6.07, 6.45) is 9.78. The zero-order valence-corrected chi connectivity index (χ0v) is 12.9. The predicted molar refractivity (Wildman–Crippen MR) is 83.9 cm³/mol. The highest BCUT2D eigenvalue weighted by molar-refractivity contribution is 5.92. The zero-order chi connectivity index (χ0) is 15.8. The van der Waals surface area contributed by atoms with Gasteiger partial charge in [0.25, 0.3) is 5.91 Å². The van der Waals surface area contributed by atoms with Crippen LogP contribution in [0.15, 0.2) is 31.0 Å². The zero-order valence-electron chi connectivity index (χ0n) is 12.9. The number of aromatic nitrogens is 5. The number of aromatic amines is 1. The highest BCUT2D eigenvalue weighted by Crippen LogP contribution is 2.31. The summed E-state index contributed by atoms with van der Waals surface area (Å²) in [7, 11) is 0. The Labute approximate surface area is 133 Å². The van der Waals surface area contributed by atoms with Crippen molar-refractivity contribution in [2.75, 3.05) is 6.54 Å². The van der Waals surface area contributed by atoms with Crippen molar-refractivity contribution in [2.24, 2.45) is 0 Å². The molecule has 1 aliphatic heterocycles. The maximum atomic E-state index is 12.7. The third-order valence-corrected chi connectivity index (χ3v) is 4.42. The van der Waals surface area contributed by atoms with Crippen LogP contribution in [0.2, 0.25) is 0 Å². The summed E-state index contributed by atoms with van der Waals surface area (Å²) in [5.74, 6) is 0.661. The van der Waals surface area contributed by atoms with Crippen LogP contribution in [-0.4, -0.2) is 41.7 Å². The quantitative estimate of drug-likeness (QED) is 0.786. The van der Waals surface area contributed by atoms with Gasteiger partial charge in [0.15, 0.2) is 0 Å². The second-order valence-corrected chi connectivity index (χ2v) is 5.90. The van der Waals surface area contributed by atoms with Crippen molar-refractivity contribution >= 4 is 11.7 Å². The molecular formula is C16H18N6O. The number of aryl methyl sites for hydroxylation is 1. The van der Waals surface area contributed by atoms with Gasteiger partial charge in [-0.2, -0.15) is 0 Å². The van der Waals surface area contributed by atoms with Crippen molar-refractivity contribution in [3.63, 3.8) is 0 Å². The molecule has 0 aliphatic carbocycles. The summed E-state index contributed by atoms with van der Waals surface area (Å²) in [5, 5.41) is 0. The van der Waals surface area contributed by atoms with E-state index in [9.17, 15) is 4.79 Å². The number of likely N-dealkylation sites (tertiary alicyclic amines) is 1. The van der Waals surface area contributed by atoms with Crippen molar-refractivity contribution < 1.29 is 4.79 Å². The van der Waals surface area contributed by atoms with Gasteiger partial charge in [0.1, 0.15) is 5.69 Å². The number of hydrogen-bond acceptors (Lipinski definition) is 4. The molecule has 1 aliphatic rings. The first-order valence-corrected chi connectivity index (χ1v) is 7.84. The largest absolute Gasteiger partial charge is 0.341 e. The lowest BCUT2D eigenvalue weighted by molar-refractivity contribution is 0.0600. The first-order valence-electron chi connectivity index (χ1n) is 7.84. The average molecular weight is 310 g/mol. The van der Waals surface area contributed by atoms with Crippen LogP contribution in [0.5, 0.6) is 0 Å². The first kappa shape index (κ1) is 13.9. The highest BCUT2D eigenvalue weighted by Gasteiger charge is 2.30. The molecule has 7 heteroatoms. The minimum absolute atomic E-state index is 0.0139. The Morgan fingerprint density at radius 2 is 2.30 bits per heavy atom.